The number of rotatable bonds is 6. The zero-order valence-corrected chi connectivity index (χ0v) is 21.5. The molecule has 2 saturated heterocycles. The van der Waals surface area contributed by atoms with Gasteiger partial charge in [0, 0.05) is 45.6 Å². The maximum absolute atomic E-state index is 15.0. The van der Waals surface area contributed by atoms with E-state index in [1.165, 1.54) is 24.3 Å². The predicted molar refractivity (Wildman–Crippen MR) is 137 cm³/mol. The maximum atomic E-state index is 15.0. The summed E-state index contributed by atoms with van der Waals surface area (Å²) in [6.07, 6.45) is 3.19. The van der Waals surface area contributed by atoms with E-state index in [4.69, 9.17) is 0 Å². The van der Waals surface area contributed by atoms with Crippen LogP contribution < -0.4 is 10.6 Å². The Kier molecular flexibility index (Phi) is 7.26. The van der Waals surface area contributed by atoms with E-state index >= 15 is 4.39 Å². The number of halogens is 1. The predicted octanol–water partition coefficient (Wildman–Crippen LogP) is 2.55. The number of piperazine rings is 1. The van der Waals surface area contributed by atoms with Crippen LogP contribution >= 0.6 is 11.3 Å². The molecule has 2 aromatic rings. The van der Waals surface area contributed by atoms with Crippen LogP contribution in [-0.4, -0.2) is 71.8 Å². The molecular formula is C27H30FN5O3S. The number of hydrogen-bond donors (Lipinski definition) is 2. The summed E-state index contributed by atoms with van der Waals surface area (Å²) in [6, 6.07) is 7.97. The summed E-state index contributed by atoms with van der Waals surface area (Å²) in [7, 11) is 0. The summed E-state index contributed by atoms with van der Waals surface area (Å²) in [6.45, 7) is 3.55. The first-order valence-electron chi connectivity index (χ1n) is 12.7. The second-order valence-corrected chi connectivity index (χ2v) is 11.0. The minimum Gasteiger partial charge on any atom is -0.339 e. The van der Waals surface area contributed by atoms with Gasteiger partial charge in [0.2, 0.25) is 11.8 Å². The van der Waals surface area contributed by atoms with Crippen molar-refractivity contribution >= 4 is 29.1 Å². The van der Waals surface area contributed by atoms with Crippen LogP contribution in [0.4, 0.5) is 4.39 Å². The number of piperidine rings is 1. The van der Waals surface area contributed by atoms with Gasteiger partial charge in [0.25, 0.3) is 5.91 Å². The number of nitriles is 1. The van der Waals surface area contributed by atoms with Gasteiger partial charge in [0.15, 0.2) is 0 Å². The largest absolute Gasteiger partial charge is 0.339 e. The number of benzene rings is 1. The normalized spacial score (nSPS) is 23.5. The Bertz CT molecular complexity index is 1250. The number of nitrogens with zero attached hydrogens (tertiary/aromatic N) is 3. The third kappa shape index (κ3) is 5.38. The monoisotopic (exact) mass is 523 g/mol. The summed E-state index contributed by atoms with van der Waals surface area (Å²) in [4.78, 5) is 41.1. The lowest BCUT2D eigenvalue weighted by molar-refractivity contribution is -0.130. The highest BCUT2D eigenvalue weighted by molar-refractivity contribution is 7.12. The van der Waals surface area contributed by atoms with Gasteiger partial charge in [0.05, 0.1) is 17.0 Å². The van der Waals surface area contributed by atoms with Crippen molar-refractivity contribution in [2.45, 2.75) is 50.7 Å². The van der Waals surface area contributed by atoms with Gasteiger partial charge in [-0.2, -0.15) is 5.26 Å². The Labute approximate surface area is 219 Å². The van der Waals surface area contributed by atoms with Crippen LogP contribution in [0.5, 0.6) is 0 Å². The Balaban J connectivity index is 1.20. The third-order valence-corrected chi connectivity index (χ3v) is 8.67. The molecule has 2 N–H and O–H groups in total. The lowest BCUT2D eigenvalue weighted by Gasteiger charge is -2.33. The first-order valence-corrected chi connectivity index (χ1v) is 13.6. The van der Waals surface area contributed by atoms with Crippen molar-refractivity contribution in [3.8, 4) is 17.2 Å². The standard InChI is InChI=1S/C27H30FN5O3S/c1-16(34)32-6-8-33(9-7-32)27(36)24-13-20(15-37-24)17-2-3-18(23(28)12-17)10-22(14-29)31-26(35)25-19-4-5-21(11-19)30-25/h2-3,12-13,15,19,21-22,25,30H,4-11H2,1H3,(H,31,35)/t19-,21+,22-,25-/m0/s1. The fraction of sp³-hybridized carbons (Fsp3) is 0.481. The molecule has 10 heteroatoms. The minimum atomic E-state index is -0.817. The number of carbonyl (C=O) groups is 3. The van der Waals surface area contributed by atoms with Crippen LogP contribution in [0.15, 0.2) is 29.6 Å². The van der Waals surface area contributed by atoms with Gasteiger partial charge >= 0.3 is 0 Å². The number of carbonyl (C=O) groups excluding carboxylic acids is 3. The van der Waals surface area contributed by atoms with Crippen molar-refractivity contribution in [1.82, 2.24) is 20.4 Å². The van der Waals surface area contributed by atoms with Gasteiger partial charge in [-0.3, -0.25) is 14.4 Å². The average molecular weight is 524 g/mol. The SMILES string of the molecule is CC(=O)N1CCN(C(=O)c2cc(-c3ccc(C[C@@H](C#N)NC(=O)[C@H]4N[C@@H]5CC[C@H]4C5)c(F)c3)cs2)CC1. The van der Waals surface area contributed by atoms with Crippen LogP contribution in [-0.2, 0) is 16.0 Å². The average Bonchev–Trinajstić information content (AvgIpc) is 3.66. The summed E-state index contributed by atoms with van der Waals surface area (Å²) in [5.74, 6) is -0.405. The summed E-state index contributed by atoms with van der Waals surface area (Å²) < 4.78 is 15.0. The van der Waals surface area contributed by atoms with Crippen molar-refractivity contribution in [2.24, 2.45) is 5.92 Å². The van der Waals surface area contributed by atoms with Crippen molar-refractivity contribution < 1.29 is 18.8 Å². The molecule has 3 heterocycles. The van der Waals surface area contributed by atoms with Crippen molar-refractivity contribution in [3.05, 3.63) is 45.9 Å². The van der Waals surface area contributed by atoms with Gasteiger partial charge in [-0.05, 0) is 59.4 Å². The number of thiophene rings is 1. The van der Waals surface area contributed by atoms with E-state index in [0.717, 1.165) is 24.8 Å². The second kappa shape index (κ2) is 10.6. The Hall–Kier alpha value is -3.29. The first kappa shape index (κ1) is 25.4. The number of amides is 3. The van der Waals surface area contributed by atoms with Crippen LogP contribution in [0.1, 0.15) is 41.4 Å². The maximum Gasteiger partial charge on any atom is 0.264 e. The molecular weight excluding hydrogens is 493 g/mol. The summed E-state index contributed by atoms with van der Waals surface area (Å²) in [5, 5.41) is 17.5. The number of nitrogens with one attached hydrogen (secondary N) is 2. The van der Waals surface area contributed by atoms with Crippen LogP contribution in [0.3, 0.4) is 0 Å². The van der Waals surface area contributed by atoms with Crippen molar-refractivity contribution in [3.63, 3.8) is 0 Å². The first-order chi connectivity index (χ1) is 17.8. The molecule has 2 bridgehead atoms. The topological polar surface area (TPSA) is 106 Å². The van der Waals surface area contributed by atoms with Crippen LogP contribution in [0, 0.1) is 23.1 Å². The van der Waals surface area contributed by atoms with E-state index in [1.807, 2.05) is 5.38 Å². The minimum absolute atomic E-state index is 0.0112. The molecule has 5 rings (SSSR count). The molecule has 37 heavy (non-hydrogen) atoms. The molecule has 2 aliphatic heterocycles. The molecule has 0 spiro atoms. The molecule has 3 amide bonds. The number of fused-ring (bicyclic) bond motifs is 2. The Morgan fingerprint density at radius 3 is 2.54 bits per heavy atom. The van der Waals surface area contributed by atoms with Gasteiger partial charge in [0.1, 0.15) is 11.9 Å². The zero-order chi connectivity index (χ0) is 26.1. The lowest BCUT2D eigenvalue weighted by atomic mass is 9.98. The quantitative estimate of drug-likeness (QED) is 0.606. The molecule has 0 radical (unpaired) electrons. The smallest absolute Gasteiger partial charge is 0.264 e. The van der Waals surface area contributed by atoms with E-state index in [0.29, 0.717) is 54.1 Å². The molecule has 1 aromatic heterocycles. The molecule has 0 unspecified atom stereocenters. The van der Waals surface area contributed by atoms with Gasteiger partial charge in [-0.25, -0.2) is 4.39 Å². The molecule has 8 nitrogen and oxygen atoms in total. The zero-order valence-electron chi connectivity index (χ0n) is 20.7. The van der Waals surface area contributed by atoms with E-state index in [9.17, 15) is 19.6 Å². The second-order valence-electron chi connectivity index (χ2n) is 10.1. The Morgan fingerprint density at radius 2 is 1.92 bits per heavy atom. The summed E-state index contributed by atoms with van der Waals surface area (Å²) in [5.41, 5.74) is 1.74. The van der Waals surface area contributed by atoms with E-state index in [1.54, 1.807) is 28.0 Å². The Morgan fingerprint density at radius 1 is 1.16 bits per heavy atom. The molecule has 1 aromatic carbocycles. The van der Waals surface area contributed by atoms with Crippen molar-refractivity contribution in [2.75, 3.05) is 26.2 Å². The highest BCUT2D eigenvalue weighted by Crippen LogP contribution is 2.35. The molecule has 3 fully saturated rings. The molecule has 1 saturated carbocycles. The number of hydrogen-bond acceptors (Lipinski definition) is 6. The lowest BCUT2D eigenvalue weighted by Crippen LogP contribution is -2.50. The van der Waals surface area contributed by atoms with E-state index in [-0.39, 0.29) is 30.2 Å². The van der Waals surface area contributed by atoms with E-state index in [2.05, 4.69) is 16.7 Å². The van der Waals surface area contributed by atoms with Gasteiger partial charge in [-0.15, -0.1) is 11.3 Å². The highest BCUT2D eigenvalue weighted by Gasteiger charge is 2.43. The molecule has 1 aliphatic carbocycles. The molecule has 4 atom stereocenters. The molecule has 3 aliphatic rings. The molecule has 194 valence electrons. The van der Waals surface area contributed by atoms with Gasteiger partial charge in [-0.1, -0.05) is 12.1 Å². The van der Waals surface area contributed by atoms with E-state index < -0.39 is 11.9 Å². The fourth-order valence-corrected chi connectivity index (χ4v) is 6.52. The van der Waals surface area contributed by atoms with Crippen LogP contribution in [0.2, 0.25) is 0 Å². The van der Waals surface area contributed by atoms with Crippen LogP contribution in [0.25, 0.3) is 11.1 Å². The highest BCUT2D eigenvalue weighted by atomic mass is 32.1. The fourth-order valence-electron chi connectivity index (χ4n) is 5.63. The van der Waals surface area contributed by atoms with Crippen molar-refractivity contribution in [1.29, 1.82) is 5.26 Å². The van der Waals surface area contributed by atoms with Gasteiger partial charge < -0.3 is 20.4 Å². The third-order valence-electron chi connectivity index (χ3n) is 7.75. The summed E-state index contributed by atoms with van der Waals surface area (Å²) >= 11 is 1.31.